The summed E-state index contributed by atoms with van der Waals surface area (Å²) in [5.41, 5.74) is 7.87. The van der Waals surface area contributed by atoms with Gasteiger partial charge >= 0.3 is 5.97 Å². The number of aryl methyl sites for hydroxylation is 2. The summed E-state index contributed by atoms with van der Waals surface area (Å²) < 4.78 is 0.990. The number of H-pyrrole nitrogens is 1. The summed E-state index contributed by atoms with van der Waals surface area (Å²) in [5, 5.41) is 8.76. The smallest absolute Gasteiger partial charge is 0.308 e. The van der Waals surface area contributed by atoms with E-state index >= 15 is 0 Å². The minimum Gasteiger partial charge on any atom is -0.481 e. The van der Waals surface area contributed by atoms with Gasteiger partial charge in [-0.3, -0.25) is 9.59 Å². The van der Waals surface area contributed by atoms with E-state index in [1.54, 1.807) is 0 Å². The van der Waals surface area contributed by atoms with Gasteiger partial charge in [-0.2, -0.15) is 0 Å². The minimum absolute atomic E-state index is 0.0307. The highest BCUT2D eigenvalue weighted by atomic mass is 79.9. The van der Waals surface area contributed by atoms with Crippen molar-refractivity contribution in [3.8, 4) is 11.4 Å². The van der Waals surface area contributed by atoms with Gasteiger partial charge in [0.15, 0.2) is 0 Å². The van der Waals surface area contributed by atoms with Crippen LogP contribution in [0.2, 0.25) is 0 Å². The quantitative estimate of drug-likeness (QED) is 0.783. The van der Waals surface area contributed by atoms with Gasteiger partial charge in [0, 0.05) is 10.0 Å². The van der Waals surface area contributed by atoms with Crippen LogP contribution in [0.25, 0.3) is 11.4 Å². The van der Waals surface area contributed by atoms with Gasteiger partial charge in [0.1, 0.15) is 11.6 Å². The number of carboxylic acid groups (broad SMARTS) is 1. The second-order valence-electron chi connectivity index (χ2n) is 4.77. The molecule has 7 heteroatoms. The Hall–Kier alpha value is -2.15. The molecule has 4 N–H and O–H groups in total. The Kier molecular flexibility index (Phi) is 4.13. The highest BCUT2D eigenvalue weighted by Gasteiger charge is 2.14. The third-order valence-electron chi connectivity index (χ3n) is 3.09. The summed E-state index contributed by atoms with van der Waals surface area (Å²) in [6, 6.07) is 3.73. The summed E-state index contributed by atoms with van der Waals surface area (Å²) in [7, 11) is 0. The molecule has 2 aromatic rings. The van der Waals surface area contributed by atoms with Crippen LogP contribution in [0.15, 0.2) is 21.4 Å². The molecule has 0 unspecified atom stereocenters. The van der Waals surface area contributed by atoms with E-state index in [2.05, 4.69) is 25.9 Å². The largest absolute Gasteiger partial charge is 0.481 e. The number of aliphatic carboxylic acids is 1. The number of nitrogen functional groups attached to an aromatic ring is 1. The van der Waals surface area contributed by atoms with Crippen LogP contribution >= 0.6 is 15.9 Å². The summed E-state index contributed by atoms with van der Waals surface area (Å²) in [6.07, 6.45) is -0.452. The van der Waals surface area contributed by atoms with Crippen molar-refractivity contribution in [3.05, 3.63) is 43.6 Å². The molecule has 0 saturated heterocycles. The predicted octanol–water partition coefficient (Wildman–Crippen LogP) is 2.03. The number of benzene rings is 1. The molecule has 1 aromatic carbocycles. The Morgan fingerprint density at radius 1 is 1.38 bits per heavy atom. The maximum atomic E-state index is 12.0. The van der Waals surface area contributed by atoms with Gasteiger partial charge in [0.2, 0.25) is 0 Å². The Bertz CT molecular complexity index is 761. The Labute approximate surface area is 129 Å². The van der Waals surface area contributed by atoms with Gasteiger partial charge in [0.25, 0.3) is 5.56 Å². The normalized spacial score (nSPS) is 10.6. The van der Waals surface area contributed by atoms with Crippen molar-refractivity contribution in [1.29, 1.82) is 0 Å². The number of hydrogen-bond acceptors (Lipinski definition) is 4. The number of aromatic amines is 1. The van der Waals surface area contributed by atoms with Gasteiger partial charge in [-0.25, -0.2) is 4.98 Å². The van der Waals surface area contributed by atoms with Crippen molar-refractivity contribution in [2.45, 2.75) is 20.3 Å². The fraction of sp³-hybridized carbons (Fsp3) is 0.214. The van der Waals surface area contributed by atoms with E-state index in [1.165, 1.54) is 0 Å². The number of anilines is 1. The highest BCUT2D eigenvalue weighted by molar-refractivity contribution is 9.10. The second-order valence-corrected chi connectivity index (χ2v) is 5.57. The molecule has 0 fully saturated rings. The number of rotatable bonds is 3. The zero-order chi connectivity index (χ0) is 15.7. The first-order chi connectivity index (χ1) is 9.79. The summed E-state index contributed by atoms with van der Waals surface area (Å²) in [6.45, 7) is 3.86. The molecule has 0 amide bonds. The molecule has 1 aromatic heterocycles. The van der Waals surface area contributed by atoms with Crippen LogP contribution < -0.4 is 11.3 Å². The van der Waals surface area contributed by atoms with E-state index < -0.39 is 17.9 Å². The molecule has 110 valence electrons. The first-order valence-corrected chi connectivity index (χ1v) is 6.96. The first kappa shape index (κ1) is 15.2. The minimum atomic E-state index is -1.13. The number of halogens is 1. The molecule has 0 aliphatic heterocycles. The van der Waals surface area contributed by atoms with Crippen molar-refractivity contribution in [2.75, 3.05) is 5.73 Å². The number of hydrogen-bond donors (Lipinski definition) is 3. The molecule has 1 heterocycles. The zero-order valence-electron chi connectivity index (χ0n) is 11.5. The van der Waals surface area contributed by atoms with Crippen molar-refractivity contribution in [2.24, 2.45) is 0 Å². The molecule has 0 aliphatic rings. The van der Waals surface area contributed by atoms with E-state index in [4.69, 9.17) is 10.8 Å². The summed E-state index contributed by atoms with van der Waals surface area (Å²) in [4.78, 5) is 29.4. The standard InChI is InChI=1S/C14H14BrN3O3/c1-6-3-8(4-7(2)11(6)15)13-17-12(16)9(5-10(19)20)14(21)18-13/h3-4H,5H2,1-2H3,(H,19,20)(H3,16,17,18,21). The molecular formula is C14H14BrN3O3. The molecule has 0 saturated carbocycles. The van der Waals surface area contributed by atoms with Gasteiger partial charge in [-0.05, 0) is 37.1 Å². The van der Waals surface area contributed by atoms with Crippen LogP contribution in [0.4, 0.5) is 5.82 Å². The zero-order valence-corrected chi connectivity index (χ0v) is 13.1. The van der Waals surface area contributed by atoms with Crippen LogP contribution in [0.1, 0.15) is 16.7 Å². The molecule has 21 heavy (non-hydrogen) atoms. The Morgan fingerprint density at radius 2 is 1.95 bits per heavy atom. The molecule has 2 rings (SSSR count). The molecule has 0 radical (unpaired) electrons. The average molecular weight is 352 g/mol. The monoisotopic (exact) mass is 351 g/mol. The third kappa shape index (κ3) is 3.13. The van der Waals surface area contributed by atoms with Gasteiger partial charge in [-0.1, -0.05) is 15.9 Å². The molecule has 0 aliphatic carbocycles. The predicted molar refractivity (Wildman–Crippen MR) is 83.2 cm³/mol. The van der Waals surface area contributed by atoms with Crippen molar-refractivity contribution < 1.29 is 9.90 Å². The van der Waals surface area contributed by atoms with Gasteiger partial charge in [0.05, 0.1) is 12.0 Å². The lowest BCUT2D eigenvalue weighted by atomic mass is 10.1. The lowest BCUT2D eigenvalue weighted by Crippen LogP contribution is -2.21. The fourth-order valence-corrected chi connectivity index (χ4v) is 2.29. The van der Waals surface area contributed by atoms with Crippen LogP contribution in [-0.4, -0.2) is 21.0 Å². The number of carbonyl (C=O) groups is 1. The van der Waals surface area contributed by atoms with Crippen molar-refractivity contribution in [1.82, 2.24) is 9.97 Å². The lowest BCUT2D eigenvalue weighted by molar-refractivity contribution is -0.136. The number of carboxylic acids is 1. The number of nitrogens with zero attached hydrogens (tertiary/aromatic N) is 1. The van der Waals surface area contributed by atoms with Crippen LogP contribution in [0, 0.1) is 13.8 Å². The van der Waals surface area contributed by atoms with E-state index in [1.807, 2.05) is 26.0 Å². The summed E-state index contributed by atoms with van der Waals surface area (Å²) >= 11 is 3.47. The Morgan fingerprint density at radius 3 is 2.43 bits per heavy atom. The van der Waals surface area contributed by atoms with E-state index in [-0.39, 0.29) is 11.4 Å². The molecular weight excluding hydrogens is 338 g/mol. The lowest BCUT2D eigenvalue weighted by Gasteiger charge is -2.09. The topological polar surface area (TPSA) is 109 Å². The SMILES string of the molecule is Cc1cc(-c2nc(N)c(CC(=O)O)c(=O)[nH]2)cc(C)c1Br. The number of nitrogens with one attached hydrogen (secondary N) is 1. The van der Waals surface area contributed by atoms with Crippen LogP contribution in [0.3, 0.4) is 0 Å². The average Bonchev–Trinajstić information content (AvgIpc) is 2.39. The van der Waals surface area contributed by atoms with Crippen LogP contribution in [-0.2, 0) is 11.2 Å². The molecule has 0 spiro atoms. The maximum absolute atomic E-state index is 12.0. The highest BCUT2D eigenvalue weighted by Crippen LogP contribution is 2.26. The fourth-order valence-electron chi connectivity index (χ4n) is 2.06. The van der Waals surface area contributed by atoms with E-state index in [9.17, 15) is 9.59 Å². The maximum Gasteiger partial charge on any atom is 0.308 e. The number of aromatic nitrogens is 2. The molecule has 0 bridgehead atoms. The van der Waals surface area contributed by atoms with Crippen molar-refractivity contribution >= 4 is 27.7 Å². The van der Waals surface area contributed by atoms with Gasteiger partial charge < -0.3 is 15.8 Å². The van der Waals surface area contributed by atoms with E-state index in [0.29, 0.717) is 5.82 Å². The molecule has 0 atom stereocenters. The summed E-state index contributed by atoms with van der Waals surface area (Å²) in [5.74, 6) is -0.864. The number of nitrogens with two attached hydrogens (primary N) is 1. The first-order valence-electron chi connectivity index (χ1n) is 6.17. The van der Waals surface area contributed by atoms with Crippen molar-refractivity contribution in [3.63, 3.8) is 0 Å². The van der Waals surface area contributed by atoms with Crippen LogP contribution in [0.5, 0.6) is 0 Å². The third-order valence-corrected chi connectivity index (χ3v) is 4.34. The second kappa shape index (κ2) is 5.69. The Balaban J connectivity index is 2.57. The van der Waals surface area contributed by atoms with E-state index in [0.717, 1.165) is 21.2 Å². The molecule has 6 nitrogen and oxygen atoms in total. The van der Waals surface area contributed by atoms with Gasteiger partial charge in [-0.15, -0.1) is 0 Å².